The largest absolute Gasteiger partial charge is 0.351 e. The molecule has 0 atom stereocenters. The Kier molecular flexibility index (Phi) is 4.03. The van der Waals surface area contributed by atoms with E-state index in [1.54, 1.807) is 10.8 Å². The lowest BCUT2D eigenvalue weighted by molar-refractivity contribution is 0.0951. The lowest BCUT2D eigenvalue weighted by atomic mass is 9.96. The maximum absolute atomic E-state index is 12.5. The van der Waals surface area contributed by atoms with Crippen molar-refractivity contribution >= 4 is 15.9 Å². The number of rotatable bonds is 3. The minimum Gasteiger partial charge on any atom is -0.351 e. The van der Waals surface area contributed by atoms with Crippen LogP contribution in [0, 0.1) is 0 Å². The predicted molar refractivity (Wildman–Crippen MR) is 78.6 cm³/mol. The molecule has 1 aromatic heterocycles. The van der Waals surface area contributed by atoms with Crippen LogP contribution in [0.25, 0.3) is 0 Å². The molecule has 2 N–H and O–H groups in total. The summed E-state index contributed by atoms with van der Waals surface area (Å²) in [5.41, 5.74) is 0.427. The van der Waals surface area contributed by atoms with Crippen LogP contribution in [-0.2, 0) is 16.6 Å². The molecule has 6 nitrogen and oxygen atoms in total. The fourth-order valence-corrected chi connectivity index (χ4v) is 4.40. The number of hydrogen-bond donors (Lipinski definition) is 2. The summed E-state index contributed by atoms with van der Waals surface area (Å²) in [5, 5.41) is 2.77. The van der Waals surface area contributed by atoms with Gasteiger partial charge in [-0.3, -0.25) is 4.79 Å². The van der Waals surface area contributed by atoms with Crippen molar-refractivity contribution in [2.75, 3.05) is 6.54 Å². The van der Waals surface area contributed by atoms with E-state index in [1.165, 1.54) is 12.5 Å². The van der Waals surface area contributed by atoms with E-state index in [4.69, 9.17) is 0 Å². The molecule has 0 bridgehead atoms. The van der Waals surface area contributed by atoms with Gasteiger partial charge in [0, 0.05) is 25.3 Å². The van der Waals surface area contributed by atoms with Crippen molar-refractivity contribution in [2.45, 2.75) is 56.0 Å². The Hall–Kier alpha value is -1.34. The normalized spacial score (nSPS) is 20.7. The second kappa shape index (κ2) is 5.81. The molecule has 0 saturated heterocycles. The Morgan fingerprint density at radius 3 is 2.71 bits per heavy atom. The quantitative estimate of drug-likeness (QED) is 0.881. The highest BCUT2D eigenvalue weighted by Gasteiger charge is 2.26. The van der Waals surface area contributed by atoms with E-state index in [-0.39, 0.29) is 16.8 Å². The standard InChI is InChI=1S/C14H21N3O3S/c18-14-13-9-12(10-17(13)8-4-7-15-14)21(19,20)16-11-5-2-1-3-6-11/h9-11,16H,1-8H2,(H,15,18). The highest BCUT2D eigenvalue weighted by molar-refractivity contribution is 7.89. The van der Waals surface area contributed by atoms with Crippen LogP contribution in [0.1, 0.15) is 49.0 Å². The molecule has 7 heteroatoms. The monoisotopic (exact) mass is 311 g/mol. The van der Waals surface area contributed by atoms with E-state index in [0.29, 0.717) is 18.8 Å². The topological polar surface area (TPSA) is 80.2 Å². The minimum atomic E-state index is -3.54. The van der Waals surface area contributed by atoms with Crippen LogP contribution in [0.5, 0.6) is 0 Å². The third-order valence-corrected chi connectivity index (χ3v) is 5.69. The smallest absolute Gasteiger partial charge is 0.267 e. The Morgan fingerprint density at radius 1 is 1.19 bits per heavy atom. The second-order valence-corrected chi connectivity index (χ2v) is 7.53. The van der Waals surface area contributed by atoms with Crippen LogP contribution in [0.4, 0.5) is 0 Å². The molecular weight excluding hydrogens is 290 g/mol. The maximum atomic E-state index is 12.5. The molecule has 0 radical (unpaired) electrons. The van der Waals surface area contributed by atoms with Gasteiger partial charge < -0.3 is 9.88 Å². The van der Waals surface area contributed by atoms with Gasteiger partial charge in [-0.05, 0) is 25.3 Å². The summed E-state index contributed by atoms with van der Waals surface area (Å²) in [4.78, 5) is 12.1. The molecule has 21 heavy (non-hydrogen) atoms. The number of carbonyl (C=O) groups excluding carboxylic acids is 1. The van der Waals surface area contributed by atoms with Crippen LogP contribution in [-0.4, -0.2) is 31.5 Å². The first-order chi connectivity index (χ1) is 10.1. The summed E-state index contributed by atoms with van der Waals surface area (Å²) < 4.78 is 29.4. The van der Waals surface area contributed by atoms with Crippen molar-refractivity contribution in [3.63, 3.8) is 0 Å². The molecule has 1 aromatic rings. The number of aromatic nitrogens is 1. The number of fused-ring (bicyclic) bond motifs is 1. The Balaban J connectivity index is 1.82. The zero-order valence-corrected chi connectivity index (χ0v) is 12.8. The van der Waals surface area contributed by atoms with E-state index in [0.717, 1.165) is 32.1 Å². The first-order valence-corrected chi connectivity index (χ1v) is 9.05. The van der Waals surface area contributed by atoms with E-state index in [9.17, 15) is 13.2 Å². The van der Waals surface area contributed by atoms with Crippen LogP contribution in [0.2, 0.25) is 0 Å². The average Bonchev–Trinajstić information content (AvgIpc) is 2.82. The van der Waals surface area contributed by atoms with Gasteiger partial charge >= 0.3 is 0 Å². The SMILES string of the molecule is O=C1NCCCn2cc(S(=O)(=O)NC3CCCCC3)cc21. The number of hydrogen-bond acceptors (Lipinski definition) is 3. The third-order valence-electron chi connectivity index (χ3n) is 4.20. The van der Waals surface area contributed by atoms with Crippen molar-refractivity contribution in [1.82, 2.24) is 14.6 Å². The molecule has 2 heterocycles. The van der Waals surface area contributed by atoms with Gasteiger partial charge in [-0.25, -0.2) is 13.1 Å². The van der Waals surface area contributed by atoms with E-state index < -0.39 is 10.0 Å². The lowest BCUT2D eigenvalue weighted by Crippen LogP contribution is -2.36. The molecule has 1 aliphatic heterocycles. The zero-order valence-electron chi connectivity index (χ0n) is 12.0. The zero-order chi connectivity index (χ0) is 14.9. The van der Waals surface area contributed by atoms with E-state index >= 15 is 0 Å². The Bertz CT molecular complexity index is 630. The van der Waals surface area contributed by atoms with Crippen LogP contribution in [0.15, 0.2) is 17.2 Å². The van der Waals surface area contributed by atoms with E-state index in [2.05, 4.69) is 10.0 Å². The molecule has 3 rings (SSSR count). The average molecular weight is 311 g/mol. The van der Waals surface area contributed by atoms with Crippen LogP contribution >= 0.6 is 0 Å². The van der Waals surface area contributed by atoms with Gasteiger partial charge in [-0.1, -0.05) is 19.3 Å². The number of nitrogens with one attached hydrogen (secondary N) is 2. The first kappa shape index (κ1) is 14.6. The number of aryl methyl sites for hydroxylation is 1. The van der Waals surface area contributed by atoms with Gasteiger partial charge in [0.05, 0.1) is 0 Å². The number of nitrogens with zero attached hydrogens (tertiary/aromatic N) is 1. The van der Waals surface area contributed by atoms with Gasteiger partial charge in [-0.15, -0.1) is 0 Å². The van der Waals surface area contributed by atoms with Gasteiger partial charge in [-0.2, -0.15) is 0 Å². The van der Waals surface area contributed by atoms with Crippen molar-refractivity contribution in [3.8, 4) is 0 Å². The van der Waals surface area contributed by atoms with Crippen molar-refractivity contribution in [1.29, 1.82) is 0 Å². The molecule has 1 saturated carbocycles. The van der Waals surface area contributed by atoms with Gasteiger partial charge in [0.2, 0.25) is 10.0 Å². The maximum Gasteiger partial charge on any atom is 0.267 e. The summed E-state index contributed by atoms with van der Waals surface area (Å²) in [6.07, 6.45) is 7.50. The molecule has 0 aromatic carbocycles. The molecule has 2 aliphatic rings. The summed E-state index contributed by atoms with van der Waals surface area (Å²) in [6.45, 7) is 1.29. The fraction of sp³-hybridized carbons (Fsp3) is 0.643. The highest BCUT2D eigenvalue weighted by atomic mass is 32.2. The van der Waals surface area contributed by atoms with Gasteiger partial charge in [0.1, 0.15) is 10.6 Å². The predicted octanol–water partition coefficient (Wildman–Crippen LogP) is 1.23. The summed E-state index contributed by atoms with van der Waals surface area (Å²) >= 11 is 0. The summed E-state index contributed by atoms with van der Waals surface area (Å²) in [6, 6.07) is 1.50. The highest BCUT2D eigenvalue weighted by Crippen LogP contribution is 2.21. The molecule has 0 unspecified atom stereocenters. The molecule has 0 spiro atoms. The van der Waals surface area contributed by atoms with Crippen molar-refractivity contribution < 1.29 is 13.2 Å². The number of amides is 1. The molecule has 1 fully saturated rings. The first-order valence-electron chi connectivity index (χ1n) is 7.57. The number of carbonyl (C=O) groups is 1. The Labute approximate surface area is 125 Å². The van der Waals surface area contributed by atoms with Crippen molar-refractivity contribution in [3.05, 3.63) is 18.0 Å². The van der Waals surface area contributed by atoms with Gasteiger partial charge in [0.25, 0.3) is 5.91 Å². The summed E-state index contributed by atoms with van der Waals surface area (Å²) in [5.74, 6) is -0.202. The lowest BCUT2D eigenvalue weighted by Gasteiger charge is -2.22. The number of sulfonamides is 1. The molecule has 116 valence electrons. The molecule has 1 amide bonds. The molecule has 1 aliphatic carbocycles. The van der Waals surface area contributed by atoms with Crippen LogP contribution in [0.3, 0.4) is 0 Å². The van der Waals surface area contributed by atoms with Gasteiger partial charge in [0.15, 0.2) is 0 Å². The minimum absolute atomic E-state index is 0.0253. The summed E-state index contributed by atoms with van der Waals surface area (Å²) in [7, 11) is -3.54. The van der Waals surface area contributed by atoms with E-state index in [1.807, 2.05) is 0 Å². The third kappa shape index (κ3) is 3.13. The second-order valence-electron chi connectivity index (χ2n) is 5.82. The van der Waals surface area contributed by atoms with Crippen molar-refractivity contribution in [2.24, 2.45) is 0 Å². The Morgan fingerprint density at radius 2 is 1.95 bits per heavy atom. The fourth-order valence-electron chi connectivity index (χ4n) is 3.06. The van der Waals surface area contributed by atoms with Crippen LogP contribution < -0.4 is 10.0 Å². The molecular formula is C14H21N3O3S.